The van der Waals surface area contributed by atoms with Crippen molar-refractivity contribution < 1.29 is 9.52 Å². The zero-order valence-electron chi connectivity index (χ0n) is 9.81. The van der Waals surface area contributed by atoms with Gasteiger partial charge in [-0.15, -0.1) is 0 Å². The number of nitrogens with zero attached hydrogens (tertiary/aromatic N) is 1. The van der Waals surface area contributed by atoms with Gasteiger partial charge in [0.25, 0.3) is 0 Å². The van der Waals surface area contributed by atoms with E-state index in [1.807, 2.05) is 24.3 Å². The van der Waals surface area contributed by atoms with Crippen molar-refractivity contribution in [1.82, 2.24) is 4.98 Å². The maximum Gasteiger partial charge on any atom is 0.226 e. The van der Waals surface area contributed by atoms with Crippen LogP contribution in [0.3, 0.4) is 0 Å². The molecule has 1 N–H and O–H groups in total. The fourth-order valence-corrected chi connectivity index (χ4v) is 2.18. The van der Waals surface area contributed by atoms with Gasteiger partial charge in [0, 0.05) is 18.4 Å². The number of rotatable bonds is 1. The first-order valence-electron chi connectivity index (χ1n) is 5.96. The van der Waals surface area contributed by atoms with Crippen molar-refractivity contribution in [3.63, 3.8) is 0 Å². The van der Waals surface area contributed by atoms with E-state index in [4.69, 9.17) is 4.42 Å². The molecule has 1 unspecified atom stereocenters. The number of aliphatic hydroxyl groups is 1. The van der Waals surface area contributed by atoms with Gasteiger partial charge < -0.3 is 9.52 Å². The molecule has 1 aromatic heterocycles. The summed E-state index contributed by atoms with van der Waals surface area (Å²) in [5, 5.41) is 9.59. The number of aromatic nitrogens is 1. The summed E-state index contributed by atoms with van der Waals surface area (Å²) in [6.45, 7) is 2.06. The third kappa shape index (κ3) is 1.98. The largest absolute Gasteiger partial charge is 0.441 e. The second-order valence-corrected chi connectivity index (χ2v) is 4.65. The van der Waals surface area contributed by atoms with Crippen LogP contribution in [0.2, 0.25) is 0 Å². The first-order chi connectivity index (χ1) is 8.22. The van der Waals surface area contributed by atoms with Crippen LogP contribution in [0.15, 0.2) is 28.7 Å². The number of oxazole rings is 1. The summed E-state index contributed by atoms with van der Waals surface area (Å²) < 4.78 is 5.76. The lowest BCUT2D eigenvalue weighted by Crippen LogP contribution is -2.17. The van der Waals surface area contributed by atoms with Gasteiger partial charge in [-0.3, -0.25) is 0 Å². The molecule has 1 aromatic carbocycles. The first kappa shape index (κ1) is 10.5. The minimum absolute atomic E-state index is 0.265. The Bertz CT molecular complexity index is 528. The van der Waals surface area contributed by atoms with Crippen LogP contribution in [0, 0.1) is 6.92 Å². The summed E-state index contributed by atoms with van der Waals surface area (Å²) in [4.78, 5) is 4.47. The summed E-state index contributed by atoms with van der Waals surface area (Å²) in [5.41, 5.74) is 3.14. The van der Waals surface area contributed by atoms with Crippen LogP contribution in [0.25, 0.3) is 11.5 Å². The Balaban J connectivity index is 1.97. The molecule has 0 saturated heterocycles. The maximum atomic E-state index is 9.59. The van der Waals surface area contributed by atoms with Crippen LogP contribution in [-0.2, 0) is 12.8 Å². The minimum atomic E-state index is -0.265. The van der Waals surface area contributed by atoms with Crippen molar-refractivity contribution in [3.05, 3.63) is 41.3 Å². The Kier molecular flexibility index (Phi) is 2.48. The van der Waals surface area contributed by atoms with Gasteiger partial charge in [-0.1, -0.05) is 17.7 Å². The number of fused-ring (bicyclic) bond motifs is 1. The summed E-state index contributed by atoms with van der Waals surface area (Å²) in [6, 6.07) is 8.13. The number of benzene rings is 1. The van der Waals surface area contributed by atoms with Crippen molar-refractivity contribution in [2.75, 3.05) is 0 Å². The predicted octanol–water partition coefficient (Wildman–Crippen LogP) is 2.50. The average Bonchev–Trinajstić information content (AvgIpc) is 2.72. The van der Waals surface area contributed by atoms with Crippen molar-refractivity contribution in [1.29, 1.82) is 0 Å². The molecule has 3 heteroatoms. The second kappa shape index (κ2) is 4.00. The minimum Gasteiger partial charge on any atom is -0.441 e. The topological polar surface area (TPSA) is 46.3 Å². The van der Waals surface area contributed by atoms with Gasteiger partial charge in [-0.05, 0) is 25.5 Å². The van der Waals surface area contributed by atoms with E-state index < -0.39 is 0 Å². The van der Waals surface area contributed by atoms with Gasteiger partial charge in [0.1, 0.15) is 5.76 Å². The highest BCUT2D eigenvalue weighted by atomic mass is 16.4. The van der Waals surface area contributed by atoms with Gasteiger partial charge in [0.05, 0.1) is 11.8 Å². The summed E-state index contributed by atoms with van der Waals surface area (Å²) >= 11 is 0. The highest BCUT2D eigenvalue weighted by Crippen LogP contribution is 2.27. The molecule has 0 radical (unpaired) electrons. The van der Waals surface area contributed by atoms with E-state index in [0.29, 0.717) is 12.3 Å². The lowest BCUT2D eigenvalue weighted by Gasteiger charge is -2.13. The molecule has 0 spiro atoms. The van der Waals surface area contributed by atoms with Gasteiger partial charge in [-0.25, -0.2) is 4.98 Å². The normalized spacial score (nSPS) is 19.1. The third-order valence-corrected chi connectivity index (χ3v) is 3.21. The van der Waals surface area contributed by atoms with Crippen molar-refractivity contribution in [2.24, 2.45) is 0 Å². The van der Waals surface area contributed by atoms with Crippen LogP contribution in [0.5, 0.6) is 0 Å². The van der Waals surface area contributed by atoms with E-state index in [0.717, 1.165) is 29.9 Å². The van der Waals surface area contributed by atoms with Gasteiger partial charge in [-0.2, -0.15) is 0 Å². The van der Waals surface area contributed by atoms with E-state index in [1.54, 1.807) is 0 Å². The molecule has 2 aromatic rings. The molecule has 1 atom stereocenters. The van der Waals surface area contributed by atoms with Gasteiger partial charge in [0.2, 0.25) is 5.89 Å². The molecule has 0 saturated carbocycles. The summed E-state index contributed by atoms with van der Waals surface area (Å²) in [6.07, 6.45) is 1.91. The van der Waals surface area contributed by atoms with E-state index in [-0.39, 0.29) is 6.10 Å². The quantitative estimate of drug-likeness (QED) is 0.817. The SMILES string of the molecule is Cc1ccc(-c2nc3c(o2)CCC(O)C3)cc1. The third-order valence-electron chi connectivity index (χ3n) is 3.21. The fourth-order valence-electron chi connectivity index (χ4n) is 2.18. The monoisotopic (exact) mass is 229 g/mol. The molecule has 0 fully saturated rings. The molecule has 3 rings (SSSR count). The van der Waals surface area contributed by atoms with Crippen molar-refractivity contribution in [2.45, 2.75) is 32.3 Å². The van der Waals surface area contributed by atoms with E-state index in [2.05, 4.69) is 11.9 Å². The highest BCUT2D eigenvalue weighted by molar-refractivity contribution is 5.54. The molecule has 17 heavy (non-hydrogen) atoms. The Morgan fingerprint density at radius 3 is 2.82 bits per heavy atom. The molecule has 3 nitrogen and oxygen atoms in total. The zero-order valence-corrected chi connectivity index (χ0v) is 9.81. The zero-order chi connectivity index (χ0) is 11.8. The number of hydrogen-bond donors (Lipinski definition) is 1. The smallest absolute Gasteiger partial charge is 0.226 e. The van der Waals surface area contributed by atoms with Gasteiger partial charge >= 0.3 is 0 Å². The Morgan fingerprint density at radius 2 is 2.06 bits per heavy atom. The molecule has 1 heterocycles. The van der Waals surface area contributed by atoms with Crippen LogP contribution in [0.1, 0.15) is 23.4 Å². The molecule has 88 valence electrons. The highest BCUT2D eigenvalue weighted by Gasteiger charge is 2.22. The summed E-state index contributed by atoms with van der Waals surface area (Å²) in [7, 11) is 0. The Hall–Kier alpha value is -1.61. The maximum absolute atomic E-state index is 9.59. The predicted molar refractivity (Wildman–Crippen MR) is 64.7 cm³/mol. The molecule has 0 aliphatic heterocycles. The fraction of sp³-hybridized carbons (Fsp3) is 0.357. The second-order valence-electron chi connectivity index (χ2n) is 4.65. The van der Waals surface area contributed by atoms with Crippen LogP contribution in [-0.4, -0.2) is 16.2 Å². The standard InChI is InChI=1S/C14H15NO2/c1-9-2-4-10(5-3-9)14-15-12-8-11(16)6-7-13(12)17-14/h2-5,11,16H,6-8H2,1H3. The van der Waals surface area contributed by atoms with Crippen LogP contribution >= 0.6 is 0 Å². The van der Waals surface area contributed by atoms with Crippen molar-refractivity contribution >= 4 is 0 Å². The number of hydrogen-bond acceptors (Lipinski definition) is 3. The molecular weight excluding hydrogens is 214 g/mol. The van der Waals surface area contributed by atoms with E-state index >= 15 is 0 Å². The molecule has 1 aliphatic rings. The van der Waals surface area contributed by atoms with Gasteiger partial charge in [0.15, 0.2) is 0 Å². The molecule has 0 bridgehead atoms. The lowest BCUT2D eigenvalue weighted by molar-refractivity contribution is 0.153. The Morgan fingerprint density at radius 1 is 1.29 bits per heavy atom. The van der Waals surface area contributed by atoms with E-state index in [9.17, 15) is 5.11 Å². The van der Waals surface area contributed by atoms with E-state index in [1.165, 1.54) is 5.56 Å². The molecule has 1 aliphatic carbocycles. The van der Waals surface area contributed by atoms with Crippen LogP contribution < -0.4 is 0 Å². The first-order valence-corrected chi connectivity index (χ1v) is 5.96. The Labute approximate surface area is 100 Å². The van der Waals surface area contributed by atoms with Crippen molar-refractivity contribution in [3.8, 4) is 11.5 Å². The van der Waals surface area contributed by atoms with Crippen LogP contribution in [0.4, 0.5) is 0 Å². The molecular formula is C14H15NO2. The number of aliphatic hydroxyl groups excluding tert-OH is 1. The lowest BCUT2D eigenvalue weighted by atomic mass is 9.99. The molecule has 0 amide bonds. The summed E-state index contributed by atoms with van der Waals surface area (Å²) in [5.74, 6) is 1.61. The average molecular weight is 229 g/mol. The number of aryl methyl sites for hydroxylation is 2.